The Morgan fingerprint density at radius 3 is 2.62 bits per heavy atom. The molecule has 11 heteroatoms. The fraction of sp³-hybridized carbons (Fsp3) is 0.538. The van der Waals surface area contributed by atoms with E-state index in [0.717, 1.165) is 69.3 Å². The molecule has 1 aromatic carbocycles. The van der Waals surface area contributed by atoms with Gasteiger partial charge in [-0.2, -0.15) is 23.3 Å². The lowest BCUT2D eigenvalue weighted by Crippen LogP contribution is -2.48. The lowest BCUT2D eigenvalue weighted by atomic mass is 9.92. The number of hydrogen-bond donors (Lipinski definition) is 1. The minimum absolute atomic E-state index is 0.208. The minimum atomic E-state index is -4.37. The summed E-state index contributed by atoms with van der Waals surface area (Å²) in [5, 5.41) is 16.4. The molecule has 6 rings (SSSR count). The van der Waals surface area contributed by atoms with Crippen molar-refractivity contribution in [1.29, 1.82) is 0 Å². The van der Waals surface area contributed by atoms with Crippen LogP contribution in [-0.2, 0) is 12.7 Å². The normalized spacial score (nSPS) is 25.5. The minimum Gasteiger partial charge on any atom is -0.480 e. The molecule has 1 aliphatic carbocycles. The summed E-state index contributed by atoms with van der Waals surface area (Å²) in [7, 11) is 1.59. The third-order valence-corrected chi connectivity index (χ3v) is 8.06. The Labute approximate surface area is 213 Å². The molecule has 37 heavy (non-hydrogen) atoms. The zero-order valence-corrected chi connectivity index (χ0v) is 20.7. The first kappa shape index (κ1) is 24.0. The maximum atomic E-state index is 13.4. The zero-order chi connectivity index (χ0) is 25.6. The highest BCUT2D eigenvalue weighted by molar-refractivity contribution is 5.48. The van der Waals surface area contributed by atoms with Crippen LogP contribution in [-0.4, -0.2) is 51.2 Å². The number of fused-ring (bicyclic) bond motifs is 3. The number of methoxy groups -OCH3 is 1. The monoisotopic (exact) mass is 513 g/mol. The maximum Gasteiger partial charge on any atom is 0.416 e. The van der Waals surface area contributed by atoms with E-state index in [-0.39, 0.29) is 12.0 Å². The molecule has 1 saturated carbocycles. The molecule has 2 aliphatic heterocycles. The summed E-state index contributed by atoms with van der Waals surface area (Å²) < 4.78 is 47.2. The van der Waals surface area contributed by atoms with Gasteiger partial charge < -0.3 is 15.0 Å². The first-order chi connectivity index (χ1) is 17.9. The van der Waals surface area contributed by atoms with Crippen LogP contribution in [0.25, 0.3) is 0 Å². The lowest BCUT2D eigenvalue weighted by Gasteiger charge is -2.39. The summed E-state index contributed by atoms with van der Waals surface area (Å²) in [5.41, 5.74) is 1.04. The maximum absolute atomic E-state index is 13.4. The number of aromatic nitrogens is 5. The number of nitrogens with zero attached hydrogens (tertiary/aromatic N) is 6. The molecule has 1 unspecified atom stereocenters. The van der Waals surface area contributed by atoms with Gasteiger partial charge in [-0.05, 0) is 49.1 Å². The Kier molecular flexibility index (Phi) is 6.16. The third-order valence-electron chi connectivity index (χ3n) is 8.06. The average Bonchev–Trinajstić information content (AvgIpc) is 3.30. The van der Waals surface area contributed by atoms with Gasteiger partial charge in [0.15, 0.2) is 0 Å². The molecule has 0 radical (unpaired) electrons. The van der Waals surface area contributed by atoms with Crippen molar-refractivity contribution < 1.29 is 17.9 Å². The Morgan fingerprint density at radius 1 is 1.05 bits per heavy atom. The number of aryl methyl sites for hydroxylation is 1. The predicted molar refractivity (Wildman–Crippen MR) is 132 cm³/mol. The Hall–Kier alpha value is -3.37. The van der Waals surface area contributed by atoms with Crippen molar-refractivity contribution in [2.75, 3.05) is 30.4 Å². The second-order valence-corrected chi connectivity index (χ2v) is 10.3. The van der Waals surface area contributed by atoms with Crippen molar-refractivity contribution >= 4 is 11.6 Å². The Morgan fingerprint density at radius 2 is 1.86 bits per heavy atom. The molecule has 8 nitrogen and oxygen atoms in total. The van der Waals surface area contributed by atoms with E-state index in [9.17, 15) is 13.2 Å². The number of ether oxygens (including phenoxy) is 1. The van der Waals surface area contributed by atoms with E-state index in [2.05, 4.69) is 20.4 Å². The summed E-state index contributed by atoms with van der Waals surface area (Å²) in [6.45, 7) is 2.51. The van der Waals surface area contributed by atoms with Crippen LogP contribution in [0.1, 0.15) is 55.0 Å². The molecule has 1 N–H and O–H groups in total. The van der Waals surface area contributed by atoms with Gasteiger partial charge in [-0.1, -0.05) is 24.6 Å². The number of anilines is 2. The summed E-state index contributed by atoms with van der Waals surface area (Å²) in [5.74, 6) is 2.49. The number of piperidine rings is 1. The molecule has 0 spiro atoms. The van der Waals surface area contributed by atoms with E-state index >= 15 is 0 Å². The second kappa shape index (κ2) is 9.50. The molecule has 2 bridgehead atoms. The van der Waals surface area contributed by atoms with Crippen LogP contribution in [0.5, 0.6) is 5.88 Å². The van der Waals surface area contributed by atoms with Gasteiger partial charge in [0.2, 0.25) is 11.8 Å². The van der Waals surface area contributed by atoms with E-state index in [1.54, 1.807) is 19.4 Å². The van der Waals surface area contributed by atoms with E-state index in [4.69, 9.17) is 14.8 Å². The van der Waals surface area contributed by atoms with Gasteiger partial charge in [0.1, 0.15) is 5.82 Å². The number of alkyl halides is 3. The van der Waals surface area contributed by atoms with Crippen molar-refractivity contribution in [2.45, 2.75) is 56.8 Å². The van der Waals surface area contributed by atoms with Gasteiger partial charge in [0, 0.05) is 37.7 Å². The summed E-state index contributed by atoms with van der Waals surface area (Å²) in [6, 6.07) is 7.83. The first-order valence-electron chi connectivity index (χ1n) is 12.9. The van der Waals surface area contributed by atoms with Gasteiger partial charge in [-0.3, -0.25) is 0 Å². The van der Waals surface area contributed by atoms with Crippen LogP contribution >= 0.6 is 0 Å². The van der Waals surface area contributed by atoms with Gasteiger partial charge in [0.05, 0.1) is 24.6 Å². The van der Waals surface area contributed by atoms with Crippen LogP contribution in [0, 0.1) is 11.8 Å². The smallest absolute Gasteiger partial charge is 0.416 e. The molecule has 3 aromatic rings. The molecule has 0 amide bonds. The highest BCUT2D eigenvalue weighted by Crippen LogP contribution is 2.41. The van der Waals surface area contributed by atoms with Crippen molar-refractivity contribution in [3.63, 3.8) is 0 Å². The number of nitrogens with one attached hydrogen (secondary N) is 1. The van der Waals surface area contributed by atoms with Gasteiger partial charge in [0.25, 0.3) is 0 Å². The molecule has 3 aliphatic rings. The van der Waals surface area contributed by atoms with Crippen LogP contribution < -0.4 is 15.0 Å². The molecule has 196 valence electrons. The van der Waals surface area contributed by atoms with Crippen LogP contribution in [0.15, 0.2) is 36.5 Å². The Bertz CT molecular complexity index is 1250. The highest BCUT2D eigenvalue weighted by atomic mass is 19.4. The van der Waals surface area contributed by atoms with Crippen LogP contribution in [0.4, 0.5) is 24.8 Å². The number of benzene rings is 1. The van der Waals surface area contributed by atoms with Crippen LogP contribution in [0.2, 0.25) is 0 Å². The number of hydrogen-bond acceptors (Lipinski definition) is 7. The Balaban J connectivity index is 1.21. The SMILES string of the molecule is COc1cc(N2C[C@H]3CC[C@@H](C2)C3Nc2nc3n(n2)CCCC[C@@H]3c2cccc(C(F)(F)F)c2)cnn1. The van der Waals surface area contributed by atoms with E-state index in [1.165, 1.54) is 12.1 Å². The largest absolute Gasteiger partial charge is 0.480 e. The molecule has 2 fully saturated rings. The van der Waals surface area contributed by atoms with Crippen molar-refractivity contribution in [1.82, 2.24) is 25.0 Å². The van der Waals surface area contributed by atoms with E-state index in [0.29, 0.717) is 29.2 Å². The number of rotatable bonds is 5. The van der Waals surface area contributed by atoms with Crippen LogP contribution in [0.3, 0.4) is 0 Å². The zero-order valence-electron chi connectivity index (χ0n) is 20.7. The summed E-state index contributed by atoms with van der Waals surface area (Å²) >= 11 is 0. The molecule has 2 aromatic heterocycles. The highest BCUT2D eigenvalue weighted by Gasteiger charge is 2.43. The van der Waals surface area contributed by atoms with E-state index in [1.807, 2.05) is 10.7 Å². The molecular weight excluding hydrogens is 483 g/mol. The number of halogens is 3. The molecule has 4 heterocycles. The molecule has 1 saturated heterocycles. The topological polar surface area (TPSA) is 81.0 Å². The fourth-order valence-corrected chi connectivity index (χ4v) is 6.25. The van der Waals surface area contributed by atoms with Crippen molar-refractivity contribution in [3.8, 4) is 5.88 Å². The quantitative estimate of drug-likeness (QED) is 0.528. The lowest BCUT2D eigenvalue weighted by molar-refractivity contribution is -0.137. The standard InChI is InChI=1S/C26H30F3N7O/c1-37-22-12-20(13-30-33-22)35-14-17-8-9-18(15-35)23(17)31-25-32-24-21(7-2-3-10-36(24)34-25)16-5-4-6-19(11-16)26(27,28)29/h4-6,11-13,17-18,21,23H,2-3,7-10,14-15H2,1H3,(H,31,34)/t17-,18+,21-,23?/m1/s1. The summed E-state index contributed by atoms with van der Waals surface area (Å²) in [4.78, 5) is 7.21. The van der Waals surface area contributed by atoms with Gasteiger partial charge in [-0.25, -0.2) is 4.68 Å². The third kappa shape index (κ3) is 4.71. The summed E-state index contributed by atoms with van der Waals surface area (Å²) in [6.07, 6.45) is 2.25. The van der Waals surface area contributed by atoms with Crippen molar-refractivity contribution in [2.24, 2.45) is 11.8 Å². The predicted octanol–water partition coefficient (Wildman–Crippen LogP) is 4.74. The van der Waals surface area contributed by atoms with Gasteiger partial charge >= 0.3 is 6.18 Å². The molecular formula is C26H30F3N7O. The van der Waals surface area contributed by atoms with E-state index < -0.39 is 11.7 Å². The van der Waals surface area contributed by atoms with Gasteiger partial charge in [-0.15, -0.1) is 10.2 Å². The fourth-order valence-electron chi connectivity index (χ4n) is 6.25. The van der Waals surface area contributed by atoms with Crippen molar-refractivity contribution in [3.05, 3.63) is 53.5 Å². The first-order valence-corrected chi connectivity index (χ1v) is 12.9. The average molecular weight is 514 g/mol. The second-order valence-electron chi connectivity index (χ2n) is 10.3. The molecule has 4 atom stereocenters.